The summed E-state index contributed by atoms with van der Waals surface area (Å²) < 4.78 is 0. The summed E-state index contributed by atoms with van der Waals surface area (Å²) in [6.45, 7) is 0.178. The molecule has 4 rings (SSSR count). The molecule has 10 heteroatoms. The van der Waals surface area contributed by atoms with Crippen LogP contribution < -0.4 is 22.9 Å². The van der Waals surface area contributed by atoms with Crippen LogP contribution in [0.1, 0.15) is 46.1 Å². The van der Waals surface area contributed by atoms with Gasteiger partial charge >= 0.3 is 0 Å². The van der Waals surface area contributed by atoms with Crippen LogP contribution in [0.5, 0.6) is 5.75 Å². The van der Waals surface area contributed by atoms with Crippen molar-refractivity contribution in [1.82, 2.24) is 4.90 Å². The van der Waals surface area contributed by atoms with Crippen molar-refractivity contribution >= 4 is 23.6 Å². The Morgan fingerprint density at radius 2 is 1.34 bits per heavy atom. The summed E-state index contributed by atoms with van der Waals surface area (Å²) in [5.74, 6) is -2.66. The molecule has 0 saturated carbocycles. The maximum atomic E-state index is 14.9. The molecule has 0 bridgehead atoms. The molecule has 0 fully saturated rings. The fraction of sp³-hybridized carbons (Fsp3) is 0.176. The largest absolute Gasteiger partial charge is 0.508 e. The summed E-state index contributed by atoms with van der Waals surface area (Å²) in [6, 6.07) is 30.9. The molecule has 10 N–H and O–H groups in total. The van der Waals surface area contributed by atoms with Crippen molar-refractivity contribution < 1.29 is 14.7 Å². The quantitative estimate of drug-likeness (QED) is 0.102. The lowest BCUT2D eigenvalue weighted by Crippen LogP contribution is -2.52. The summed E-state index contributed by atoms with van der Waals surface area (Å²) in [4.78, 5) is 34.1. The van der Waals surface area contributed by atoms with E-state index in [1.165, 1.54) is 17.0 Å². The number of hydrogen-bond donors (Lipinski definition) is 6. The van der Waals surface area contributed by atoms with Gasteiger partial charge in [-0.3, -0.25) is 20.0 Å². The summed E-state index contributed by atoms with van der Waals surface area (Å²) in [7, 11) is 0. The van der Waals surface area contributed by atoms with Crippen LogP contribution in [0, 0.1) is 5.41 Å². The standard InChI is InChI=1S/C34H37N7O3/c35-31(36)26-13-7-12-25(20-26)28(18-19-40-34(38)39)30(32(37)43)41(21-22-14-16-27(42)17-15-22)33(44)29(23-8-3-1-4-9-23)24-10-5-2-6-11-24/h1-17,20,28-30,42H,18-19,21H2,(H3,35,36)(H2,37,43)(H4,38,39,40)/t28-,30+/m0/s1. The van der Waals surface area contributed by atoms with Crippen LogP contribution in [-0.4, -0.2) is 46.2 Å². The van der Waals surface area contributed by atoms with Crippen LogP contribution >= 0.6 is 0 Å². The van der Waals surface area contributed by atoms with Gasteiger partial charge in [0.25, 0.3) is 0 Å². The first-order valence-electron chi connectivity index (χ1n) is 14.1. The average Bonchev–Trinajstić information content (AvgIpc) is 3.01. The van der Waals surface area contributed by atoms with Crippen LogP contribution in [-0.2, 0) is 16.1 Å². The van der Waals surface area contributed by atoms with Crippen LogP contribution in [0.25, 0.3) is 0 Å². The topological polar surface area (TPSA) is 198 Å². The third kappa shape index (κ3) is 7.80. The highest BCUT2D eigenvalue weighted by Crippen LogP contribution is 2.34. The Morgan fingerprint density at radius 1 is 0.773 bits per heavy atom. The van der Waals surface area contributed by atoms with Gasteiger partial charge in [0.2, 0.25) is 11.8 Å². The maximum Gasteiger partial charge on any atom is 0.240 e. The van der Waals surface area contributed by atoms with E-state index in [1.807, 2.05) is 60.7 Å². The van der Waals surface area contributed by atoms with Gasteiger partial charge in [-0.1, -0.05) is 91.0 Å². The highest BCUT2D eigenvalue weighted by Gasteiger charge is 2.39. The number of phenolic OH excluding ortho intramolecular Hbond substituents is 1. The van der Waals surface area contributed by atoms with E-state index in [4.69, 9.17) is 28.3 Å². The number of hydrogen-bond acceptors (Lipinski definition) is 5. The molecule has 226 valence electrons. The highest BCUT2D eigenvalue weighted by atomic mass is 16.3. The molecular formula is C34H37N7O3. The summed E-state index contributed by atoms with van der Waals surface area (Å²) >= 11 is 0. The van der Waals surface area contributed by atoms with E-state index in [0.717, 1.165) is 11.1 Å². The lowest BCUT2D eigenvalue weighted by Gasteiger charge is -2.38. The average molecular weight is 592 g/mol. The molecule has 4 aromatic carbocycles. The van der Waals surface area contributed by atoms with Gasteiger partial charge in [-0.15, -0.1) is 0 Å². The third-order valence-electron chi connectivity index (χ3n) is 7.45. The summed E-state index contributed by atoms with van der Waals surface area (Å²) in [5, 5.41) is 17.9. The zero-order valence-corrected chi connectivity index (χ0v) is 24.2. The van der Waals surface area contributed by atoms with E-state index < -0.39 is 23.8 Å². The zero-order chi connectivity index (χ0) is 31.6. The SMILES string of the molecule is N=C(N)c1cccc([C@H](CCN=C(N)N)[C@H](C(N)=O)N(Cc2ccc(O)cc2)C(=O)C(c2ccccc2)c2ccccc2)c1. The van der Waals surface area contributed by atoms with Gasteiger partial charge in [-0.25, -0.2) is 0 Å². The number of carbonyl (C=O) groups is 2. The fourth-order valence-corrected chi connectivity index (χ4v) is 5.39. The Labute approximate surface area is 256 Å². The number of amidine groups is 1. The molecule has 0 heterocycles. The lowest BCUT2D eigenvalue weighted by atomic mass is 9.84. The number of nitrogens with zero attached hydrogens (tertiary/aromatic N) is 2. The molecule has 2 amide bonds. The van der Waals surface area contributed by atoms with Crippen LogP contribution in [0.3, 0.4) is 0 Å². The molecule has 2 atom stereocenters. The van der Waals surface area contributed by atoms with Crippen molar-refractivity contribution in [2.45, 2.75) is 30.8 Å². The van der Waals surface area contributed by atoms with Gasteiger partial charge in [-0.2, -0.15) is 0 Å². The van der Waals surface area contributed by atoms with Crippen LogP contribution in [0.15, 0.2) is 114 Å². The zero-order valence-electron chi connectivity index (χ0n) is 24.2. The van der Waals surface area contributed by atoms with E-state index in [9.17, 15) is 14.7 Å². The first-order valence-corrected chi connectivity index (χ1v) is 14.1. The van der Waals surface area contributed by atoms with Gasteiger partial charge in [0, 0.05) is 24.6 Å². The van der Waals surface area contributed by atoms with Crippen molar-refractivity contribution in [2.24, 2.45) is 27.9 Å². The summed E-state index contributed by atoms with van der Waals surface area (Å²) in [6.07, 6.45) is 0.258. The van der Waals surface area contributed by atoms with Gasteiger partial charge in [0.15, 0.2) is 5.96 Å². The molecular weight excluding hydrogens is 554 g/mol. The number of aromatic hydroxyl groups is 1. The highest BCUT2D eigenvalue weighted by molar-refractivity contribution is 5.95. The molecule has 4 aromatic rings. The predicted octanol–water partition coefficient (Wildman–Crippen LogP) is 3.14. The maximum absolute atomic E-state index is 14.9. The number of carbonyl (C=O) groups excluding carboxylic acids is 2. The normalized spacial score (nSPS) is 12.2. The van der Waals surface area contributed by atoms with Gasteiger partial charge in [0.05, 0.1) is 5.92 Å². The van der Waals surface area contributed by atoms with E-state index in [2.05, 4.69) is 4.99 Å². The fourth-order valence-electron chi connectivity index (χ4n) is 5.39. The van der Waals surface area contributed by atoms with Crippen molar-refractivity contribution in [3.63, 3.8) is 0 Å². The number of rotatable bonds is 13. The molecule has 0 saturated heterocycles. The smallest absolute Gasteiger partial charge is 0.240 e. The minimum atomic E-state index is -1.15. The van der Waals surface area contributed by atoms with Crippen molar-refractivity contribution in [3.05, 3.63) is 137 Å². The number of primary amides is 1. The number of nitrogens with two attached hydrogens (primary N) is 4. The van der Waals surface area contributed by atoms with Crippen LogP contribution in [0.4, 0.5) is 0 Å². The molecule has 0 aliphatic heterocycles. The molecule has 0 radical (unpaired) electrons. The Balaban J connectivity index is 1.91. The number of aliphatic imine (C=N–C) groups is 1. The second-order valence-electron chi connectivity index (χ2n) is 10.5. The molecule has 0 spiro atoms. The Bertz CT molecular complexity index is 1570. The van der Waals surface area contributed by atoms with Gasteiger partial charge in [0.1, 0.15) is 17.6 Å². The number of nitrogen functional groups attached to an aromatic ring is 1. The van der Waals surface area contributed by atoms with Crippen molar-refractivity contribution in [1.29, 1.82) is 5.41 Å². The van der Waals surface area contributed by atoms with Crippen LogP contribution in [0.2, 0.25) is 0 Å². The first-order chi connectivity index (χ1) is 21.2. The molecule has 0 unspecified atom stereocenters. The molecule has 0 aliphatic rings. The van der Waals surface area contributed by atoms with Crippen molar-refractivity contribution in [3.8, 4) is 5.75 Å². The molecule has 44 heavy (non-hydrogen) atoms. The van der Waals surface area contributed by atoms with Crippen molar-refractivity contribution in [2.75, 3.05) is 6.54 Å². The number of amides is 2. The van der Waals surface area contributed by atoms with E-state index in [0.29, 0.717) is 16.7 Å². The minimum Gasteiger partial charge on any atom is -0.508 e. The number of benzene rings is 4. The Hall–Kier alpha value is -5.64. The second-order valence-corrected chi connectivity index (χ2v) is 10.5. The monoisotopic (exact) mass is 591 g/mol. The first kappa shape index (κ1) is 31.3. The van der Waals surface area contributed by atoms with E-state index in [-0.39, 0.29) is 43.0 Å². The molecule has 0 aliphatic carbocycles. The van der Waals surface area contributed by atoms with E-state index >= 15 is 0 Å². The Morgan fingerprint density at radius 3 is 1.86 bits per heavy atom. The van der Waals surface area contributed by atoms with Gasteiger partial charge in [-0.05, 0) is 46.9 Å². The lowest BCUT2D eigenvalue weighted by molar-refractivity contribution is -0.141. The third-order valence-corrected chi connectivity index (χ3v) is 7.45. The van der Waals surface area contributed by atoms with Gasteiger partial charge < -0.3 is 32.9 Å². The Kier molecular flexibility index (Phi) is 10.3. The molecule has 0 aromatic heterocycles. The minimum absolute atomic E-state index is 0.0219. The number of nitrogens with one attached hydrogen (secondary N) is 1. The number of phenols is 1. The predicted molar refractivity (Wildman–Crippen MR) is 172 cm³/mol. The van der Waals surface area contributed by atoms with E-state index in [1.54, 1.807) is 36.4 Å². The molecule has 10 nitrogen and oxygen atoms in total. The number of guanidine groups is 1. The summed E-state index contributed by atoms with van der Waals surface area (Å²) in [5.41, 5.74) is 26.5. The second kappa shape index (κ2) is 14.5.